The zero-order valence-electron chi connectivity index (χ0n) is 7.85. The zero-order valence-corrected chi connectivity index (χ0v) is 7.85. The van der Waals surface area contributed by atoms with Crippen molar-refractivity contribution in [2.24, 2.45) is 5.73 Å². The highest BCUT2D eigenvalue weighted by molar-refractivity contribution is 5.66. The molecule has 0 bridgehead atoms. The molecule has 1 aromatic heterocycles. The first-order valence-corrected chi connectivity index (χ1v) is 3.92. The van der Waals surface area contributed by atoms with Crippen LogP contribution in [-0.4, -0.2) is 28.2 Å². The summed E-state index contributed by atoms with van der Waals surface area (Å²) in [4.78, 5) is 21.8. The van der Waals surface area contributed by atoms with Crippen LogP contribution in [-0.2, 0) is 6.42 Å². The third-order valence-corrected chi connectivity index (χ3v) is 1.33. The summed E-state index contributed by atoms with van der Waals surface area (Å²) in [5.74, 6) is 0.466. The van der Waals surface area contributed by atoms with Crippen molar-refractivity contribution in [2.75, 3.05) is 7.11 Å². The number of carbonyl (C=O) groups excluding carboxylic acids is 1. The number of methoxy groups -OCH3 is 1. The van der Waals surface area contributed by atoms with Gasteiger partial charge in [-0.2, -0.15) is 9.97 Å². The second kappa shape index (κ2) is 4.35. The number of hydrogen-bond acceptors (Lipinski definition) is 6. The minimum absolute atomic E-state index is 0.0908. The maximum absolute atomic E-state index is 10.4. The Morgan fingerprint density at radius 1 is 1.36 bits per heavy atom. The molecule has 1 rings (SSSR count). The van der Waals surface area contributed by atoms with Crippen molar-refractivity contribution in [2.45, 2.75) is 13.3 Å². The molecular weight excluding hydrogens is 188 g/mol. The molecule has 0 spiro atoms. The van der Waals surface area contributed by atoms with Crippen LogP contribution >= 0.6 is 0 Å². The second-order valence-electron chi connectivity index (χ2n) is 2.30. The fourth-order valence-corrected chi connectivity index (χ4v) is 0.763. The van der Waals surface area contributed by atoms with E-state index < -0.39 is 6.09 Å². The Bertz CT molecular complexity index is 319. The molecule has 1 aromatic rings. The van der Waals surface area contributed by atoms with E-state index in [1.54, 1.807) is 0 Å². The van der Waals surface area contributed by atoms with Gasteiger partial charge >= 0.3 is 18.1 Å². The molecule has 0 aliphatic heterocycles. The fraction of sp³-hybridized carbons (Fsp3) is 0.429. The standard InChI is InChI=1S/C7H10N4O3/c1-3-4-9-6(13-2)11-7(10-4)14-5(8)12/h3H2,1-2H3,(H2,8,12). The first-order valence-electron chi connectivity index (χ1n) is 3.92. The fourth-order valence-electron chi connectivity index (χ4n) is 0.763. The number of carbonyl (C=O) groups is 1. The summed E-state index contributed by atoms with van der Waals surface area (Å²) in [6.07, 6.45) is -0.395. The molecule has 0 atom stereocenters. The molecule has 0 saturated heterocycles. The summed E-state index contributed by atoms with van der Waals surface area (Å²) in [7, 11) is 1.41. The number of hydrogen-bond donors (Lipinski definition) is 1. The molecule has 14 heavy (non-hydrogen) atoms. The van der Waals surface area contributed by atoms with Crippen molar-refractivity contribution in [3.8, 4) is 12.0 Å². The predicted molar refractivity (Wildman–Crippen MR) is 46.0 cm³/mol. The third kappa shape index (κ3) is 2.54. The zero-order chi connectivity index (χ0) is 10.6. The summed E-state index contributed by atoms with van der Waals surface area (Å²) in [6, 6.07) is -0.0608. The van der Waals surface area contributed by atoms with Gasteiger partial charge in [-0.25, -0.2) is 4.79 Å². The molecule has 0 saturated carbocycles. The molecule has 0 aliphatic carbocycles. The average Bonchev–Trinajstić information content (AvgIpc) is 2.16. The number of nitrogens with zero attached hydrogens (tertiary/aromatic N) is 3. The highest BCUT2D eigenvalue weighted by Crippen LogP contribution is 2.09. The van der Waals surface area contributed by atoms with Crippen LogP contribution in [0, 0.1) is 0 Å². The average molecular weight is 198 g/mol. The number of aromatic nitrogens is 3. The maximum Gasteiger partial charge on any atom is 0.412 e. The van der Waals surface area contributed by atoms with E-state index in [9.17, 15) is 4.79 Å². The van der Waals surface area contributed by atoms with Gasteiger partial charge in [-0.3, -0.25) is 0 Å². The van der Waals surface area contributed by atoms with E-state index in [1.807, 2.05) is 6.92 Å². The van der Waals surface area contributed by atoms with Crippen LogP contribution in [0.5, 0.6) is 12.0 Å². The Hall–Kier alpha value is -1.92. The number of aryl methyl sites for hydroxylation is 1. The van der Waals surface area contributed by atoms with Crippen molar-refractivity contribution in [1.29, 1.82) is 0 Å². The molecule has 1 heterocycles. The van der Waals surface area contributed by atoms with Gasteiger partial charge in [0.25, 0.3) is 0 Å². The number of rotatable bonds is 3. The summed E-state index contributed by atoms with van der Waals surface area (Å²) < 4.78 is 9.28. The lowest BCUT2D eigenvalue weighted by molar-refractivity contribution is 0.205. The summed E-state index contributed by atoms with van der Waals surface area (Å²) in [5, 5.41) is 0. The van der Waals surface area contributed by atoms with Crippen LogP contribution in [0.4, 0.5) is 4.79 Å². The van der Waals surface area contributed by atoms with Crippen LogP contribution in [0.3, 0.4) is 0 Å². The van der Waals surface area contributed by atoms with Crippen molar-refractivity contribution in [3.63, 3.8) is 0 Å². The van der Waals surface area contributed by atoms with Crippen molar-refractivity contribution < 1.29 is 14.3 Å². The Balaban J connectivity index is 2.98. The topological polar surface area (TPSA) is 100 Å². The van der Waals surface area contributed by atoms with E-state index in [4.69, 9.17) is 10.5 Å². The number of amides is 1. The lowest BCUT2D eigenvalue weighted by atomic mass is 10.5. The molecule has 7 nitrogen and oxygen atoms in total. The van der Waals surface area contributed by atoms with E-state index in [0.29, 0.717) is 12.2 Å². The third-order valence-electron chi connectivity index (χ3n) is 1.33. The molecule has 0 radical (unpaired) electrons. The highest BCUT2D eigenvalue weighted by Gasteiger charge is 2.08. The van der Waals surface area contributed by atoms with Crippen LogP contribution in [0.2, 0.25) is 0 Å². The molecule has 1 amide bonds. The summed E-state index contributed by atoms with van der Waals surface area (Å²) in [5.41, 5.74) is 4.81. The molecule has 0 fully saturated rings. The highest BCUT2D eigenvalue weighted by atomic mass is 16.6. The van der Waals surface area contributed by atoms with E-state index in [2.05, 4.69) is 19.7 Å². The van der Waals surface area contributed by atoms with Gasteiger partial charge in [-0.1, -0.05) is 6.92 Å². The van der Waals surface area contributed by atoms with E-state index >= 15 is 0 Å². The molecular formula is C7H10N4O3. The lowest BCUT2D eigenvalue weighted by Crippen LogP contribution is -2.18. The van der Waals surface area contributed by atoms with Gasteiger partial charge in [-0.15, -0.1) is 4.98 Å². The second-order valence-corrected chi connectivity index (χ2v) is 2.30. The quantitative estimate of drug-likeness (QED) is 0.727. The summed E-state index contributed by atoms with van der Waals surface area (Å²) >= 11 is 0. The number of ether oxygens (including phenoxy) is 2. The van der Waals surface area contributed by atoms with Crippen LogP contribution in [0.25, 0.3) is 0 Å². The minimum Gasteiger partial charge on any atom is -0.467 e. The van der Waals surface area contributed by atoms with Crippen molar-refractivity contribution in [1.82, 2.24) is 15.0 Å². The van der Waals surface area contributed by atoms with Gasteiger partial charge in [0.05, 0.1) is 7.11 Å². The normalized spacial score (nSPS) is 9.57. The van der Waals surface area contributed by atoms with Crippen molar-refractivity contribution in [3.05, 3.63) is 5.82 Å². The molecule has 7 heteroatoms. The SMILES string of the molecule is CCc1nc(OC)nc(OC(N)=O)n1. The van der Waals surface area contributed by atoms with E-state index in [1.165, 1.54) is 7.11 Å². The number of primary amides is 1. The van der Waals surface area contributed by atoms with Crippen LogP contribution in [0.1, 0.15) is 12.7 Å². The first-order chi connectivity index (χ1) is 6.65. The number of nitrogens with two attached hydrogens (primary N) is 1. The Kier molecular flexibility index (Phi) is 3.16. The Morgan fingerprint density at radius 2 is 2.00 bits per heavy atom. The van der Waals surface area contributed by atoms with Crippen molar-refractivity contribution >= 4 is 6.09 Å². The van der Waals surface area contributed by atoms with Gasteiger partial charge in [0, 0.05) is 6.42 Å². The Morgan fingerprint density at radius 3 is 2.50 bits per heavy atom. The van der Waals surface area contributed by atoms with Gasteiger partial charge in [0.1, 0.15) is 5.82 Å². The molecule has 0 aliphatic rings. The van der Waals surface area contributed by atoms with E-state index in [0.717, 1.165) is 0 Å². The molecule has 0 aromatic carbocycles. The van der Waals surface area contributed by atoms with Gasteiger partial charge in [0.15, 0.2) is 0 Å². The molecule has 0 unspecified atom stereocenters. The minimum atomic E-state index is -0.972. The molecule has 2 N–H and O–H groups in total. The lowest BCUT2D eigenvalue weighted by Gasteiger charge is -2.02. The van der Waals surface area contributed by atoms with Crippen LogP contribution in [0.15, 0.2) is 0 Å². The van der Waals surface area contributed by atoms with Crippen LogP contribution < -0.4 is 15.2 Å². The van der Waals surface area contributed by atoms with Gasteiger partial charge in [0.2, 0.25) is 0 Å². The first kappa shape index (κ1) is 10.2. The van der Waals surface area contributed by atoms with Gasteiger partial charge < -0.3 is 15.2 Å². The largest absolute Gasteiger partial charge is 0.467 e. The molecule has 76 valence electrons. The van der Waals surface area contributed by atoms with Gasteiger partial charge in [-0.05, 0) is 0 Å². The Labute approximate surface area is 80.3 Å². The predicted octanol–water partition coefficient (Wildman–Crippen LogP) is -0.0999. The van der Waals surface area contributed by atoms with E-state index in [-0.39, 0.29) is 12.0 Å². The maximum atomic E-state index is 10.4. The smallest absolute Gasteiger partial charge is 0.412 e. The monoisotopic (exact) mass is 198 g/mol. The summed E-state index contributed by atoms with van der Waals surface area (Å²) in [6.45, 7) is 1.85.